The number of benzene rings is 1. The molecule has 0 aliphatic rings. The molecule has 2 aromatic heterocycles. The minimum Gasteiger partial charge on any atom is -0.345 e. The highest BCUT2D eigenvalue weighted by Gasteiger charge is 2.30. The molecule has 1 N–H and O–H groups in total. The Morgan fingerprint density at radius 3 is 2.44 bits per heavy atom. The Hall–Kier alpha value is -3.67. The summed E-state index contributed by atoms with van der Waals surface area (Å²) in [6, 6.07) is 6.62. The van der Waals surface area contributed by atoms with E-state index in [0.717, 1.165) is 34.8 Å². The van der Waals surface area contributed by atoms with E-state index in [4.69, 9.17) is 0 Å². The smallest absolute Gasteiger partial charge is 0.345 e. The molecule has 0 aliphatic carbocycles. The molecule has 3 aromatic rings. The van der Waals surface area contributed by atoms with Gasteiger partial charge in [0.1, 0.15) is 0 Å². The number of amides is 1. The highest BCUT2D eigenvalue weighted by molar-refractivity contribution is 5.79. The molecule has 1 aromatic carbocycles. The quantitative estimate of drug-likeness (QED) is 0.628. The Balaban J connectivity index is 1.66. The van der Waals surface area contributed by atoms with Gasteiger partial charge >= 0.3 is 6.18 Å². The zero-order valence-electron chi connectivity index (χ0n) is 18.1. The van der Waals surface area contributed by atoms with E-state index < -0.39 is 11.7 Å². The third-order valence-electron chi connectivity index (χ3n) is 4.74. The van der Waals surface area contributed by atoms with Crippen molar-refractivity contribution in [3.63, 3.8) is 0 Å². The maximum atomic E-state index is 12.8. The van der Waals surface area contributed by atoms with Crippen molar-refractivity contribution >= 4 is 5.91 Å². The minimum atomic E-state index is -4.42. The molecule has 166 valence electrons. The monoisotopic (exact) mass is 441 g/mol. The van der Waals surface area contributed by atoms with Gasteiger partial charge < -0.3 is 5.32 Å². The lowest BCUT2D eigenvalue weighted by atomic mass is 10.1. The fourth-order valence-corrected chi connectivity index (χ4v) is 3.21. The molecule has 0 radical (unpaired) electrons. The molecule has 0 fully saturated rings. The average Bonchev–Trinajstić information content (AvgIpc) is 2.98. The summed E-state index contributed by atoms with van der Waals surface area (Å²) in [6.45, 7) is 7.41. The number of rotatable bonds is 4. The van der Waals surface area contributed by atoms with Crippen molar-refractivity contribution in [2.75, 3.05) is 6.54 Å². The van der Waals surface area contributed by atoms with Gasteiger partial charge in [0, 0.05) is 28.2 Å². The van der Waals surface area contributed by atoms with Crippen LogP contribution in [0.5, 0.6) is 0 Å². The van der Waals surface area contributed by atoms with E-state index >= 15 is 0 Å². The van der Waals surface area contributed by atoms with Crippen LogP contribution in [-0.2, 0) is 17.4 Å². The molecular formula is C23H22F3N5O. The predicted molar refractivity (Wildman–Crippen MR) is 113 cm³/mol. The van der Waals surface area contributed by atoms with Crippen molar-refractivity contribution < 1.29 is 18.0 Å². The van der Waals surface area contributed by atoms with E-state index in [1.807, 2.05) is 33.8 Å². The summed E-state index contributed by atoms with van der Waals surface area (Å²) in [5.41, 5.74) is 3.32. The average molecular weight is 441 g/mol. The van der Waals surface area contributed by atoms with Crippen LogP contribution in [-0.4, -0.2) is 32.2 Å². The van der Waals surface area contributed by atoms with Crippen molar-refractivity contribution in [1.29, 1.82) is 0 Å². The molecule has 32 heavy (non-hydrogen) atoms. The molecule has 1 amide bonds. The lowest BCUT2D eigenvalue weighted by molar-refractivity contribution is -0.137. The van der Waals surface area contributed by atoms with Crippen LogP contribution in [0.4, 0.5) is 13.2 Å². The lowest BCUT2D eigenvalue weighted by Gasteiger charge is -2.06. The molecule has 0 atom stereocenters. The number of alkyl halides is 3. The summed E-state index contributed by atoms with van der Waals surface area (Å²) in [7, 11) is 0. The third kappa shape index (κ3) is 5.52. The summed E-state index contributed by atoms with van der Waals surface area (Å²) in [5, 5.41) is 7.14. The van der Waals surface area contributed by atoms with E-state index in [1.165, 1.54) is 12.1 Å². The number of nitrogens with zero attached hydrogens (tertiary/aromatic N) is 4. The molecule has 6 nitrogen and oxygen atoms in total. The van der Waals surface area contributed by atoms with Gasteiger partial charge in [0.15, 0.2) is 0 Å². The van der Waals surface area contributed by atoms with Gasteiger partial charge in [-0.15, -0.1) is 0 Å². The maximum absolute atomic E-state index is 12.8. The predicted octanol–water partition coefficient (Wildman–Crippen LogP) is 3.63. The molecule has 0 saturated carbocycles. The highest BCUT2D eigenvalue weighted by atomic mass is 19.4. The van der Waals surface area contributed by atoms with Gasteiger partial charge in [0.05, 0.1) is 24.2 Å². The fourth-order valence-electron chi connectivity index (χ4n) is 3.21. The summed E-state index contributed by atoms with van der Waals surface area (Å²) in [5.74, 6) is 5.50. The van der Waals surface area contributed by atoms with Crippen LogP contribution in [0.25, 0.3) is 5.95 Å². The largest absolute Gasteiger partial charge is 0.416 e. The highest BCUT2D eigenvalue weighted by Crippen LogP contribution is 2.29. The normalized spacial score (nSPS) is 11.1. The summed E-state index contributed by atoms with van der Waals surface area (Å²) in [6.07, 6.45) is -4.33. The van der Waals surface area contributed by atoms with Gasteiger partial charge in [-0.05, 0) is 52.0 Å². The number of carbonyl (C=O) groups is 1. The first-order valence-corrected chi connectivity index (χ1v) is 9.85. The van der Waals surface area contributed by atoms with Crippen LogP contribution in [0.1, 0.15) is 39.5 Å². The molecule has 0 spiro atoms. The maximum Gasteiger partial charge on any atom is 0.416 e. The second-order valence-electron chi connectivity index (χ2n) is 7.35. The number of halogens is 3. The lowest BCUT2D eigenvalue weighted by Crippen LogP contribution is -2.25. The van der Waals surface area contributed by atoms with Gasteiger partial charge in [-0.3, -0.25) is 4.79 Å². The van der Waals surface area contributed by atoms with E-state index in [0.29, 0.717) is 11.6 Å². The first-order valence-electron chi connectivity index (χ1n) is 9.85. The fraction of sp³-hybridized carbons (Fsp3) is 0.304. The minimum absolute atomic E-state index is 0.0154. The Labute approximate surface area is 183 Å². The SMILES string of the molecule is Cc1cc(C)nc(-n2nc(C)c(CC(=O)NCC#Cc3cccc(C(F)(F)F)c3)c2C)n1. The van der Waals surface area contributed by atoms with Gasteiger partial charge in [0.25, 0.3) is 5.95 Å². The second kappa shape index (κ2) is 9.22. The molecule has 0 aliphatic heterocycles. The molecule has 0 bridgehead atoms. The topological polar surface area (TPSA) is 72.7 Å². The zero-order chi connectivity index (χ0) is 23.5. The first kappa shape index (κ1) is 23.0. The van der Waals surface area contributed by atoms with Crippen LogP contribution >= 0.6 is 0 Å². The zero-order valence-corrected chi connectivity index (χ0v) is 18.1. The Morgan fingerprint density at radius 1 is 1.09 bits per heavy atom. The molecule has 9 heteroatoms. The van der Waals surface area contributed by atoms with Gasteiger partial charge in [-0.2, -0.15) is 18.3 Å². The Kier molecular flexibility index (Phi) is 6.63. The van der Waals surface area contributed by atoms with Crippen molar-refractivity contribution in [3.05, 3.63) is 69.8 Å². The van der Waals surface area contributed by atoms with Gasteiger partial charge in [-0.25, -0.2) is 14.6 Å². The van der Waals surface area contributed by atoms with Crippen molar-refractivity contribution in [3.8, 4) is 17.8 Å². The Morgan fingerprint density at radius 2 is 1.78 bits per heavy atom. The standard InChI is InChI=1S/C23H22F3N5O/c1-14-11-15(2)29-22(28-14)31-17(4)20(16(3)30-31)13-21(32)27-10-6-8-18-7-5-9-19(12-18)23(24,25)26/h5,7,9,11-12H,10,13H2,1-4H3,(H,27,32). The molecule has 0 unspecified atom stereocenters. The van der Waals surface area contributed by atoms with Crippen molar-refractivity contribution in [2.24, 2.45) is 0 Å². The van der Waals surface area contributed by atoms with Crippen LogP contribution in [0.3, 0.4) is 0 Å². The van der Waals surface area contributed by atoms with Crippen LogP contribution in [0.15, 0.2) is 30.3 Å². The summed E-state index contributed by atoms with van der Waals surface area (Å²) < 4.78 is 39.9. The number of aryl methyl sites for hydroxylation is 3. The third-order valence-corrected chi connectivity index (χ3v) is 4.74. The first-order chi connectivity index (χ1) is 15.0. The van der Waals surface area contributed by atoms with Crippen molar-refractivity contribution in [1.82, 2.24) is 25.1 Å². The number of carbonyl (C=O) groups excluding carboxylic acids is 1. The van der Waals surface area contributed by atoms with Crippen LogP contribution in [0, 0.1) is 39.5 Å². The Bertz CT molecular complexity index is 1200. The molecule has 3 rings (SSSR count). The van der Waals surface area contributed by atoms with Crippen LogP contribution < -0.4 is 5.32 Å². The summed E-state index contributed by atoms with van der Waals surface area (Å²) in [4.78, 5) is 21.2. The summed E-state index contributed by atoms with van der Waals surface area (Å²) >= 11 is 0. The number of aromatic nitrogens is 4. The van der Waals surface area contributed by atoms with E-state index in [2.05, 4.69) is 32.2 Å². The molecule has 2 heterocycles. The number of hydrogen-bond donors (Lipinski definition) is 1. The number of hydrogen-bond acceptors (Lipinski definition) is 4. The molecule has 0 saturated heterocycles. The van der Waals surface area contributed by atoms with Gasteiger partial charge in [-0.1, -0.05) is 17.9 Å². The van der Waals surface area contributed by atoms with E-state index in [1.54, 1.807) is 4.68 Å². The van der Waals surface area contributed by atoms with E-state index in [9.17, 15) is 18.0 Å². The van der Waals surface area contributed by atoms with Gasteiger partial charge in [0.2, 0.25) is 5.91 Å². The molecular weight excluding hydrogens is 419 g/mol. The van der Waals surface area contributed by atoms with Crippen molar-refractivity contribution in [2.45, 2.75) is 40.3 Å². The number of nitrogens with one attached hydrogen (secondary N) is 1. The second-order valence-corrected chi connectivity index (χ2v) is 7.35. The van der Waals surface area contributed by atoms with E-state index in [-0.39, 0.29) is 24.4 Å². The van der Waals surface area contributed by atoms with Crippen LogP contribution in [0.2, 0.25) is 0 Å².